The Morgan fingerprint density at radius 2 is 1.67 bits per heavy atom. The van der Waals surface area contributed by atoms with Gasteiger partial charge >= 0.3 is 0 Å². The van der Waals surface area contributed by atoms with Gasteiger partial charge in [0.1, 0.15) is 5.38 Å². The van der Waals surface area contributed by atoms with Gasteiger partial charge in [-0.15, -0.1) is 11.6 Å². The van der Waals surface area contributed by atoms with Gasteiger partial charge in [0.15, 0.2) is 0 Å². The first-order valence-corrected chi connectivity index (χ1v) is 6.19. The lowest BCUT2D eigenvalue weighted by Gasteiger charge is -2.08. The first-order valence-electron chi connectivity index (χ1n) is 5.38. The van der Waals surface area contributed by atoms with Crippen LogP contribution in [0, 0.1) is 0 Å². The molecule has 0 aliphatic carbocycles. The molecule has 1 unspecified atom stereocenters. The van der Waals surface area contributed by atoms with E-state index >= 15 is 0 Å². The molecular weight excluding hydrogens is 269 g/mol. The molecular formula is C14H11Cl2NO. The van der Waals surface area contributed by atoms with Crippen molar-refractivity contribution < 1.29 is 4.79 Å². The van der Waals surface area contributed by atoms with Crippen molar-refractivity contribution >= 4 is 29.1 Å². The maximum absolute atomic E-state index is 11.0. The number of rotatable bonds is 3. The van der Waals surface area contributed by atoms with E-state index in [2.05, 4.69) is 0 Å². The van der Waals surface area contributed by atoms with Crippen LogP contribution in [0.15, 0.2) is 48.5 Å². The van der Waals surface area contributed by atoms with E-state index in [9.17, 15) is 4.79 Å². The van der Waals surface area contributed by atoms with Crippen molar-refractivity contribution in [3.05, 3.63) is 59.1 Å². The van der Waals surface area contributed by atoms with E-state index in [1.165, 1.54) is 0 Å². The van der Waals surface area contributed by atoms with E-state index in [1.807, 2.05) is 36.4 Å². The van der Waals surface area contributed by atoms with Crippen molar-refractivity contribution in [3.63, 3.8) is 0 Å². The second kappa shape index (κ2) is 5.42. The first kappa shape index (κ1) is 12.9. The molecule has 2 aromatic carbocycles. The fraction of sp³-hybridized carbons (Fsp3) is 0.0714. The molecule has 0 aliphatic rings. The lowest BCUT2D eigenvalue weighted by Crippen LogP contribution is -2.16. The first-order chi connectivity index (χ1) is 8.59. The van der Waals surface area contributed by atoms with Gasteiger partial charge in [0, 0.05) is 10.6 Å². The van der Waals surface area contributed by atoms with Crippen LogP contribution in [0.2, 0.25) is 5.02 Å². The minimum Gasteiger partial charge on any atom is -0.368 e. The molecule has 2 rings (SSSR count). The highest BCUT2D eigenvalue weighted by atomic mass is 35.5. The van der Waals surface area contributed by atoms with Gasteiger partial charge in [-0.25, -0.2) is 0 Å². The van der Waals surface area contributed by atoms with Crippen molar-refractivity contribution in [1.29, 1.82) is 0 Å². The van der Waals surface area contributed by atoms with Crippen molar-refractivity contribution in [2.24, 2.45) is 5.73 Å². The van der Waals surface area contributed by atoms with Gasteiger partial charge in [-0.3, -0.25) is 4.79 Å². The predicted molar refractivity (Wildman–Crippen MR) is 74.7 cm³/mol. The molecule has 2 nitrogen and oxygen atoms in total. The number of nitrogens with two attached hydrogens (primary N) is 1. The quantitative estimate of drug-likeness (QED) is 0.854. The summed E-state index contributed by atoms with van der Waals surface area (Å²) >= 11 is 12.0. The molecule has 0 fully saturated rings. The molecule has 2 aromatic rings. The largest absolute Gasteiger partial charge is 0.368 e. The van der Waals surface area contributed by atoms with E-state index < -0.39 is 11.3 Å². The molecule has 0 aromatic heterocycles. The number of benzene rings is 2. The average Bonchev–Trinajstić information content (AvgIpc) is 2.38. The Morgan fingerprint density at radius 1 is 1.06 bits per heavy atom. The second-order valence-corrected chi connectivity index (χ2v) is 4.71. The Hall–Kier alpha value is -1.51. The Balaban J connectivity index is 2.34. The van der Waals surface area contributed by atoms with Crippen molar-refractivity contribution in [1.82, 2.24) is 0 Å². The van der Waals surface area contributed by atoms with E-state index in [0.29, 0.717) is 10.6 Å². The van der Waals surface area contributed by atoms with Crippen LogP contribution in [0.5, 0.6) is 0 Å². The fourth-order valence-corrected chi connectivity index (χ4v) is 2.08. The summed E-state index contributed by atoms with van der Waals surface area (Å²) in [6, 6.07) is 14.9. The van der Waals surface area contributed by atoms with Crippen LogP contribution in [0.25, 0.3) is 11.1 Å². The number of hydrogen-bond donors (Lipinski definition) is 1. The smallest absolute Gasteiger partial charge is 0.240 e. The maximum Gasteiger partial charge on any atom is 0.240 e. The summed E-state index contributed by atoms with van der Waals surface area (Å²) in [5, 5.41) is -0.118. The van der Waals surface area contributed by atoms with E-state index in [0.717, 1.165) is 11.1 Å². The van der Waals surface area contributed by atoms with Crippen LogP contribution in [-0.2, 0) is 4.79 Å². The minimum absolute atomic E-state index is 0.554. The lowest BCUT2D eigenvalue weighted by molar-refractivity contribution is -0.117. The van der Waals surface area contributed by atoms with Crippen LogP contribution in [0.4, 0.5) is 0 Å². The van der Waals surface area contributed by atoms with Crippen LogP contribution in [0.3, 0.4) is 0 Å². The molecule has 0 aliphatic heterocycles. The monoisotopic (exact) mass is 279 g/mol. The molecule has 2 N–H and O–H groups in total. The Bertz CT molecular complexity index is 566. The minimum atomic E-state index is -0.801. The maximum atomic E-state index is 11.0. The molecule has 18 heavy (non-hydrogen) atoms. The van der Waals surface area contributed by atoms with Gasteiger partial charge in [-0.05, 0) is 17.2 Å². The van der Waals surface area contributed by atoms with Gasteiger partial charge in [0.2, 0.25) is 5.91 Å². The zero-order chi connectivity index (χ0) is 13.1. The highest BCUT2D eigenvalue weighted by molar-refractivity contribution is 6.33. The highest BCUT2D eigenvalue weighted by Gasteiger charge is 2.13. The third-order valence-electron chi connectivity index (χ3n) is 2.64. The number of primary amides is 1. The molecule has 1 amide bonds. The fourth-order valence-electron chi connectivity index (χ4n) is 1.69. The molecule has 0 heterocycles. The predicted octanol–water partition coefficient (Wildman–Crippen LogP) is 3.77. The Kier molecular flexibility index (Phi) is 3.90. The van der Waals surface area contributed by atoms with Crippen LogP contribution in [0.1, 0.15) is 10.9 Å². The Labute approximate surface area is 115 Å². The molecule has 0 saturated carbocycles. The summed E-state index contributed by atoms with van der Waals surface area (Å²) < 4.78 is 0. The Morgan fingerprint density at radius 3 is 2.22 bits per heavy atom. The second-order valence-electron chi connectivity index (χ2n) is 3.87. The SMILES string of the molecule is NC(=O)C(Cl)c1ccc(-c2ccccc2Cl)cc1. The number of carbonyl (C=O) groups excluding carboxylic acids is 1. The van der Waals surface area contributed by atoms with Gasteiger partial charge in [0.25, 0.3) is 0 Å². The normalized spacial score (nSPS) is 12.1. The van der Waals surface area contributed by atoms with Gasteiger partial charge in [0.05, 0.1) is 0 Å². The molecule has 0 saturated heterocycles. The van der Waals surface area contributed by atoms with E-state index in [-0.39, 0.29) is 0 Å². The summed E-state index contributed by atoms with van der Waals surface area (Å²) in [5.74, 6) is -0.554. The van der Waals surface area contributed by atoms with Crippen LogP contribution in [-0.4, -0.2) is 5.91 Å². The van der Waals surface area contributed by atoms with Crippen molar-refractivity contribution in [2.75, 3.05) is 0 Å². The van der Waals surface area contributed by atoms with Gasteiger partial charge < -0.3 is 5.73 Å². The van der Waals surface area contributed by atoms with Crippen molar-refractivity contribution in [2.45, 2.75) is 5.38 Å². The number of alkyl halides is 1. The van der Waals surface area contributed by atoms with Crippen molar-refractivity contribution in [3.8, 4) is 11.1 Å². The summed E-state index contributed by atoms with van der Waals surface area (Å²) in [5.41, 5.74) is 7.74. The zero-order valence-electron chi connectivity index (χ0n) is 9.44. The number of halogens is 2. The number of hydrogen-bond acceptors (Lipinski definition) is 1. The summed E-state index contributed by atoms with van der Waals surface area (Å²) in [6.45, 7) is 0. The summed E-state index contributed by atoms with van der Waals surface area (Å²) in [7, 11) is 0. The van der Waals surface area contributed by atoms with Crippen LogP contribution >= 0.6 is 23.2 Å². The standard InChI is InChI=1S/C14H11Cl2NO/c15-12-4-2-1-3-11(12)9-5-7-10(8-6-9)13(16)14(17)18/h1-8,13H,(H2,17,18). The average molecular weight is 280 g/mol. The molecule has 1 atom stereocenters. The molecule has 4 heteroatoms. The van der Waals surface area contributed by atoms with E-state index in [4.69, 9.17) is 28.9 Å². The van der Waals surface area contributed by atoms with E-state index in [1.54, 1.807) is 12.1 Å². The molecule has 0 spiro atoms. The van der Waals surface area contributed by atoms with Crippen LogP contribution < -0.4 is 5.73 Å². The summed E-state index contributed by atoms with van der Waals surface area (Å²) in [6.07, 6.45) is 0. The van der Waals surface area contributed by atoms with Gasteiger partial charge in [-0.1, -0.05) is 54.1 Å². The topological polar surface area (TPSA) is 43.1 Å². The third-order valence-corrected chi connectivity index (χ3v) is 3.43. The number of carbonyl (C=O) groups is 1. The molecule has 92 valence electrons. The number of amides is 1. The lowest BCUT2D eigenvalue weighted by atomic mass is 10.0. The summed E-state index contributed by atoms with van der Waals surface area (Å²) in [4.78, 5) is 11.0. The third kappa shape index (κ3) is 2.66. The highest BCUT2D eigenvalue weighted by Crippen LogP contribution is 2.29. The zero-order valence-corrected chi connectivity index (χ0v) is 10.9. The van der Waals surface area contributed by atoms with Gasteiger partial charge in [-0.2, -0.15) is 0 Å². The molecule has 0 radical (unpaired) electrons. The molecule has 0 bridgehead atoms.